The zero-order valence-corrected chi connectivity index (χ0v) is 9.57. The maximum Gasteiger partial charge on any atom is 0.408 e. The number of rotatable bonds is 6. The first-order valence-electron chi connectivity index (χ1n) is 5.16. The molecule has 5 nitrogen and oxygen atoms in total. The van der Waals surface area contributed by atoms with Gasteiger partial charge in [0.15, 0.2) is 0 Å². The molecule has 1 rings (SSSR count). The summed E-state index contributed by atoms with van der Waals surface area (Å²) in [6, 6.07) is 0. The summed E-state index contributed by atoms with van der Waals surface area (Å²) in [5, 5.41) is 6.97. The van der Waals surface area contributed by atoms with E-state index in [4.69, 9.17) is 9.47 Å². The number of ether oxygens (including phenoxy) is 2. The molecule has 8 heteroatoms. The second kappa shape index (κ2) is 5.97. The molecule has 0 bridgehead atoms. The van der Waals surface area contributed by atoms with E-state index < -0.39 is 19.0 Å². The molecule has 98 valence electrons. The molecular formula is C9H14F3N3O2. The maximum absolute atomic E-state index is 12.1. The quantitative estimate of drug-likeness (QED) is 0.727. The Morgan fingerprint density at radius 2 is 1.88 bits per heavy atom. The van der Waals surface area contributed by atoms with E-state index in [2.05, 4.69) is 10.3 Å². The average molecular weight is 253 g/mol. The Morgan fingerprint density at radius 3 is 2.35 bits per heavy atom. The lowest BCUT2D eigenvalue weighted by Crippen LogP contribution is -2.18. The third-order valence-electron chi connectivity index (χ3n) is 1.78. The summed E-state index contributed by atoms with van der Waals surface area (Å²) in [6.45, 7) is 3.08. The van der Waals surface area contributed by atoms with E-state index in [1.165, 1.54) is 6.20 Å². The Hall–Kier alpha value is -1.15. The van der Waals surface area contributed by atoms with Gasteiger partial charge in [0.2, 0.25) is 6.29 Å². The maximum atomic E-state index is 12.1. The minimum atomic E-state index is -4.32. The Labute approximate surface area is 96.5 Å². The molecule has 0 spiro atoms. The minimum Gasteiger partial charge on any atom is -0.347 e. The molecule has 0 N–H and O–H groups in total. The Bertz CT molecular complexity index is 334. The van der Waals surface area contributed by atoms with Gasteiger partial charge >= 0.3 is 6.18 Å². The molecule has 0 saturated carbocycles. The van der Waals surface area contributed by atoms with Crippen LogP contribution >= 0.6 is 0 Å². The van der Waals surface area contributed by atoms with Crippen LogP contribution in [0, 0.1) is 0 Å². The lowest BCUT2D eigenvalue weighted by Gasteiger charge is -2.13. The van der Waals surface area contributed by atoms with Crippen LogP contribution in [0.15, 0.2) is 6.20 Å². The molecular weight excluding hydrogens is 239 g/mol. The fourth-order valence-corrected chi connectivity index (χ4v) is 1.20. The van der Waals surface area contributed by atoms with Crippen molar-refractivity contribution in [1.29, 1.82) is 0 Å². The van der Waals surface area contributed by atoms with Gasteiger partial charge in [0, 0.05) is 13.2 Å². The van der Waals surface area contributed by atoms with Gasteiger partial charge in [-0.1, -0.05) is 5.21 Å². The van der Waals surface area contributed by atoms with Crippen LogP contribution in [0.3, 0.4) is 0 Å². The van der Waals surface area contributed by atoms with Gasteiger partial charge in [-0.3, -0.25) is 0 Å². The van der Waals surface area contributed by atoms with Crippen molar-refractivity contribution in [3.63, 3.8) is 0 Å². The SMILES string of the molecule is CCOC(OCC)c1cn(CC(F)(F)F)nn1. The zero-order chi connectivity index (χ0) is 12.9. The van der Waals surface area contributed by atoms with Crippen LogP contribution in [-0.4, -0.2) is 34.4 Å². The van der Waals surface area contributed by atoms with Crippen LogP contribution in [0.1, 0.15) is 25.8 Å². The summed E-state index contributed by atoms with van der Waals surface area (Å²) in [5.41, 5.74) is 0.234. The van der Waals surface area contributed by atoms with Crippen molar-refractivity contribution < 1.29 is 22.6 Å². The standard InChI is InChI=1S/C9H14F3N3O2/c1-3-16-8(17-4-2)7-5-15(14-13-7)6-9(10,11)12/h5,8H,3-4,6H2,1-2H3. The first kappa shape index (κ1) is 13.9. The third-order valence-corrected chi connectivity index (χ3v) is 1.78. The molecule has 0 aliphatic carbocycles. The van der Waals surface area contributed by atoms with Crippen LogP contribution < -0.4 is 0 Å². The molecule has 0 fully saturated rings. The van der Waals surface area contributed by atoms with Crippen molar-refractivity contribution in [2.75, 3.05) is 13.2 Å². The second-order valence-corrected chi connectivity index (χ2v) is 3.20. The number of aromatic nitrogens is 3. The molecule has 17 heavy (non-hydrogen) atoms. The van der Waals surface area contributed by atoms with Crippen molar-refractivity contribution >= 4 is 0 Å². The summed E-state index contributed by atoms with van der Waals surface area (Å²) < 4.78 is 47.4. The van der Waals surface area contributed by atoms with E-state index in [-0.39, 0.29) is 5.69 Å². The number of alkyl halides is 3. The predicted octanol–water partition coefficient (Wildman–Crippen LogP) is 1.91. The fraction of sp³-hybridized carbons (Fsp3) is 0.778. The molecule has 0 unspecified atom stereocenters. The van der Waals surface area contributed by atoms with Gasteiger partial charge in [-0.15, -0.1) is 5.10 Å². The van der Waals surface area contributed by atoms with Crippen molar-refractivity contribution in [3.8, 4) is 0 Å². The lowest BCUT2D eigenvalue weighted by molar-refractivity contribution is -0.144. The van der Waals surface area contributed by atoms with E-state index >= 15 is 0 Å². The highest BCUT2D eigenvalue weighted by Gasteiger charge is 2.29. The lowest BCUT2D eigenvalue weighted by atomic mass is 10.4. The second-order valence-electron chi connectivity index (χ2n) is 3.20. The van der Waals surface area contributed by atoms with Crippen molar-refractivity contribution in [3.05, 3.63) is 11.9 Å². The molecule has 0 aromatic carbocycles. The number of nitrogens with zero attached hydrogens (tertiary/aromatic N) is 3. The van der Waals surface area contributed by atoms with Gasteiger partial charge in [0.1, 0.15) is 12.2 Å². The highest BCUT2D eigenvalue weighted by molar-refractivity contribution is 4.94. The molecule has 0 radical (unpaired) electrons. The number of halogens is 3. The largest absolute Gasteiger partial charge is 0.408 e. The van der Waals surface area contributed by atoms with E-state index in [0.29, 0.717) is 17.9 Å². The zero-order valence-electron chi connectivity index (χ0n) is 9.57. The molecule has 0 aliphatic heterocycles. The Morgan fingerprint density at radius 1 is 1.29 bits per heavy atom. The van der Waals surface area contributed by atoms with Gasteiger partial charge < -0.3 is 9.47 Å². The van der Waals surface area contributed by atoms with E-state index in [1.807, 2.05) is 0 Å². The van der Waals surface area contributed by atoms with Crippen LogP contribution in [0.25, 0.3) is 0 Å². The molecule has 0 amide bonds. The normalized spacial score (nSPS) is 12.4. The summed E-state index contributed by atoms with van der Waals surface area (Å²) >= 11 is 0. The van der Waals surface area contributed by atoms with Crippen LogP contribution in [0.4, 0.5) is 13.2 Å². The van der Waals surface area contributed by atoms with Crippen LogP contribution in [-0.2, 0) is 16.0 Å². The van der Waals surface area contributed by atoms with Gasteiger partial charge in [0.05, 0.1) is 6.20 Å². The molecule has 0 saturated heterocycles. The molecule has 0 atom stereocenters. The minimum absolute atomic E-state index is 0.234. The molecule has 1 aromatic rings. The van der Waals surface area contributed by atoms with Crippen molar-refractivity contribution in [1.82, 2.24) is 15.0 Å². The summed E-state index contributed by atoms with van der Waals surface area (Å²) in [7, 11) is 0. The van der Waals surface area contributed by atoms with E-state index in [0.717, 1.165) is 0 Å². The van der Waals surface area contributed by atoms with Crippen LogP contribution in [0.2, 0.25) is 0 Å². The van der Waals surface area contributed by atoms with Gasteiger partial charge in [-0.25, -0.2) is 4.68 Å². The first-order valence-corrected chi connectivity index (χ1v) is 5.16. The van der Waals surface area contributed by atoms with E-state index in [9.17, 15) is 13.2 Å². The molecule has 0 aliphatic rings. The van der Waals surface area contributed by atoms with Crippen molar-refractivity contribution in [2.45, 2.75) is 32.9 Å². The Kier molecular flexibility index (Phi) is 4.88. The van der Waals surface area contributed by atoms with Gasteiger partial charge in [-0.2, -0.15) is 13.2 Å². The van der Waals surface area contributed by atoms with Crippen molar-refractivity contribution in [2.24, 2.45) is 0 Å². The summed E-state index contributed by atoms with van der Waals surface area (Å²) in [4.78, 5) is 0. The molecule has 1 heterocycles. The average Bonchev–Trinajstić information content (AvgIpc) is 2.63. The summed E-state index contributed by atoms with van der Waals surface area (Å²) in [5.74, 6) is 0. The smallest absolute Gasteiger partial charge is 0.347 e. The summed E-state index contributed by atoms with van der Waals surface area (Å²) in [6.07, 6.45) is -3.92. The fourth-order valence-electron chi connectivity index (χ4n) is 1.20. The highest BCUT2D eigenvalue weighted by Crippen LogP contribution is 2.19. The topological polar surface area (TPSA) is 49.2 Å². The van der Waals surface area contributed by atoms with Gasteiger partial charge in [-0.05, 0) is 13.8 Å². The monoisotopic (exact) mass is 253 g/mol. The number of hydrogen-bond acceptors (Lipinski definition) is 4. The number of hydrogen-bond donors (Lipinski definition) is 0. The predicted molar refractivity (Wildman–Crippen MR) is 52.1 cm³/mol. The molecule has 1 aromatic heterocycles. The highest BCUT2D eigenvalue weighted by atomic mass is 19.4. The third kappa shape index (κ3) is 4.70. The van der Waals surface area contributed by atoms with Crippen LogP contribution in [0.5, 0.6) is 0 Å². The Balaban J connectivity index is 2.70. The van der Waals surface area contributed by atoms with E-state index in [1.54, 1.807) is 13.8 Å². The van der Waals surface area contributed by atoms with Gasteiger partial charge in [0.25, 0.3) is 0 Å². The first-order chi connectivity index (χ1) is 7.96.